The molecule has 3 nitrogen and oxygen atoms in total. The van der Waals surface area contributed by atoms with Gasteiger partial charge >= 0.3 is 5.97 Å². The van der Waals surface area contributed by atoms with Gasteiger partial charge in [-0.1, -0.05) is 0 Å². The van der Waals surface area contributed by atoms with Crippen LogP contribution in [-0.4, -0.2) is 15.6 Å². The maximum Gasteiger partial charge on any atom is 0.352 e. The van der Waals surface area contributed by atoms with E-state index in [0.29, 0.717) is 17.7 Å². The summed E-state index contributed by atoms with van der Waals surface area (Å²) in [6.07, 6.45) is 4.32. The van der Waals surface area contributed by atoms with E-state index in [0.717, 1.165) is 0 Å². The summed E-state index contributed by atoms with van der Waals surface area (Å²) in [5.41, 5.74) is 0.402. The number of rotatable bonds is 3. The summed E-state index contributed by atoms with van der Waals surface area (Å²) in [7, 11) is 0. The van der Waals surface area contributed by atoms with E-state index in [4.69, 9.17) is 5.11 Å². The minimum absolute atomic E-state index is 0.334. The van der Waals surface area contributed by atoms with Crippen molar-refractivity contribution in [2.75, 3.05) is 0 Å². The number of carbonyl (C=O) groups is 1. The van der Waals surface area contributed by atoms with Crippen molar-refractivity contribution in [2.45, 2.75) is 25.8 Å². The van der Waals surface area contributed by atoms with Gasteiger partial charge in [-0.15, -0.1) is 0 Å². The van der Waals surface area contributed by atoms with E-state index in [1.807, 2.05) is 10.8 Å². The quantitative estimate of drug-likeness (QED) is 0.772. The summed E-state index contributed by atoms with van der Waals surface area (Å²) in [4.78, 5) is 10.8. The molecule has 0 bridgehead atoms. The second kappa shape index (κ2) is 2.91. The standard InChI is InChI=1S/C10H13NO2/c1-7(8-4-5-8)11-6-2-3-9(11)10(12)13/h2-3,6-8H,4-5H2,1H3,(H,12,13). The summed E-state index contributed by atoms with van der Waals surface area (Å²) in [6.45, 7) is 2.09. The van der Waals surface area contributed by atoms with Gasteiger partial charge in [-0.2, -0.15) is 0 Å². The molecule has 1 aliphatic carbocycles. The minimum Gasteiger partial charge on any atom is -0.477 e. The molecule has 0 aromatic carbocycles. The van der Waals surface area contributed by atoms with Gasteiger partial charge in [0.2, 0.25) is 0 Å². The largest absolute Gasteiger partial charge is 0.477 e. The summed E-state index contributed by atoms with van der Waals surface area (Å²) in [5, 5.41) is 8.88. The van der Waals surface area contributed by atoms with Gasteiger partial charge in [0.1, 0.15) is 5.69 Å². The second-order valence-electron chi connectivity index (χ2n) is 3.68. The fourth-order valence-electron chi connectivity index (χ4n) is 1.74. The van der Waals surface area contributed by atoms with E-state index < -0.39 is 5.97 Å². The van der Waals surface area contributed by atoms with Crippen molar-refractivity contribution < 1.29 is 9.90 Å². The van der Waals surface area contributed by atoms with Crippen molar-refractivity contribution in [2.24, 2.45) is 5.92 Å². The number of hydrogen-bond donors (Lipinski definition) is 1. The lowest BCUT2D eigenvalue weighted by Gasteiger charge is -2.14. The van der Waals surface area contributed by atoms with Gasteiger partial charge in [0.05, 0.1) is 0 Å². The van der Waals surface area contributed by atoms with Crippen LogP contribution in [0.4, 0.5) is 0 Å². The first kappa shape index (κ1) is 8.35. The van der Waals surface area contributed by atoms with Crippen LogP contribution in [0.15, 0.2) is 18.3 Å². The Kier molecular flexibility index (Phi) is 1.87. The lowest BCUT2D eigenvalue weighted by molar-refractivity contribution is 0.0682. The lowest BCUT2D eigenvalue weighted by atomic mass is 10.2. The lowest BCUT2D eigenvalue weighted by Crippen LogP contribution is -2.13. The Hall–Kier alpha value is -1.25. The maximum atomic E-state index is 10.8. The molecule has 1 unspecified atom stereocenters. The highest BCUT2D eigenvalue weighted by atomic mass is 16.4. The Labute approximate surface area is 77.0 Å². The third-order valence-corrected chi connectivity index (χ3v) is 2.74. The fraction of sp³-hybridized carbons (Fsp3) is 0.500. The number of carboxylic acid groups (broad SMARTS) is 1. The highest BCUT2D eigenvalue weighted by Gasteiger charge is 2.30. The molecule has 1 atom stereocenters. The van der Waals surface area contributed by atoms with E-state index in [9.17, 15) is 4.79 Å². The van der Waals surface area contributed by atoms with E-state index in [2.05, 4.69) is 6.92 Å². The summed E-state index contributed by atoms with van der Waals surface area (Å²) >= 11 is 0. The zero-order valence-corrected chi connectivity index (χ0v) is 7.60. The number of aromatic nitrogens is 1. The highest BCUT2D eigenvalue weighted by Crippen LogP contribution is 2.39. The topological polar surface area (TPSA) is 42.2 Å². The average Bonchev–Trinajstić information content (AvgIpc) is 2.80. The van der Waals surface area contributed by atoms with Crippen molar-refractivity contribution in [3.05, 3.63) is 24.0 Å². The first-order chi connectivity index (χ1) is 6.20. The second-order valence-corrected chi connectivity index (χ2v) is 3.68. The molecule has 1 N–H and O–H groups in total. The zero-order valence-electron chi connectivity index (χ0n) is 7.60. The van der Waals surface area contributed by atoms with Crippen molar-refractivity contribution in [3.63, 3.8) is 0 Å². The summed E-state index contributed by atoms with van der Waals surface area (Å²) < 4.78 is 1.86. The molecule has 2 rings (SSSR count). The molecule has 1 aromatic rings. The van der Waals surface area contributed by atoms with Gasteiger partial charge in [0.25, 0.3) is 0 Å². The first-order valence-corrected chi connectivity index (χ1v) is 4.60. The Balaban J connectivity index is 2.27. The molecule has 0 amide bonds. The van der Waals surface area contributed by atoms with E-state index in [1.54, 1.807) is 12.1 Å². The van der Waals surface area contributed by atoms with Gasteiger partial charge in [-0.05, 0) is 37.8 Å². The molecule has 13 heavy (non-hydrogen) atoms. The predicted molar refractivity (Wildman–Crippen MR) is 48.8 cm³/mol. The number of carboxylic acids is 1. The van der Waals surface area contributed by atoms with Crippen LogP contribution in [0.2, 0.25) is 0 Å². The Morgan fingerprint density at radius 2 is 2.38 bits per heavy atom. The van der Waals surface area contributed by atoms with Crippen LogP contribution >= 0.6 is 0 Å². The third kappa shape index (κ3) is 1.46. The molecule has 70 valence electrons. The molecule has 0 spiro atoms. The van der Waals surface area contributed by atoms with Crippen molar-refractivity contribution >= 4 is 5.97 Å². The van der Waals surface area contributed by atoms with Gasteiger partial charge in [0.15, 0.2) is 0 Å². The normalized spacial score (nSPS) is 18.5. The molecule has 1 heterocycles. The predicted octanol–water partition coefficient (Wildman–Crippen LogP) is 2.16. The van der Waals surface area contributed by atoms with Gasteiger partial charge in [-0.3, -0.25) is 0 Å². The average molecular weight is 179 g/mol. The van der Waals surface area contributed by atoms with Crippen LogP contribution < -0.4 is 0 Å². The highest BCUT2D eigenvalue weighted by molar-refractivity contribution is 5.85. The molecule has 1 fully saturated rings. The molecule has 1 aromatic heterocycles. The molecule has 0 radical (unpaired) electrons. The van der Waals surface area contributed by atoms with Gasteiger partial charge < -0.3 is 9.67 Å². The van der Waals surface area contributed by atoms with Gasteiger partial charge in [-0.25, -0.2) is 4.79 Å². The smallest absolute Gasteiger partial charge is 0.352 e. The Morgan fingerprint density at radius 3 is 2.92 bits per heavy atom. The molecule has 0 saturated heterocycles. The van der Waals surface area contributed by atoms with Crippen molar-refractivity contribution in [3.8, 4) is 0 Å². The SMILES string of the molecule is CC(C1CC1)n1cccc1C(=O)O. The third-order valence-electron chi connectivity index (χ3n) is 2.74. The fourth-order valence-corrected chi connectivity index (χ4v) is 1.74. The molecule has 1 aliphatic rings. The van der Waals surface area contributed by atoms with Crippen LogP contribution in [0, 0.1) is 5.92 Å². The Morgan fingerprint density at radius 1 is 1.69 bits per heavy atom. The van der Waals surface area contributed by atoms with E-state index >= 15 is 0 Å². The first-order valence-electron chi connectivity index (χ1n) is 4.60. The molecule has 3 heteroatoms. The number of aromatic carboxylic acids is 1. The monoisotopic (exact) mass is 179 g/mol. The maximum absolute atomic E-state index is 10.8. The summed E-state index contributed by atoms with van der Waals surface area (Å²) in [6, 6.07) is 3.78. The van der Waals surface area contributed by atoms with Crippen LogP contribution in [-0.2, 0) is 0 Å². The van der Waals surface area contributed by atoms with E-state index in [-0.39, 0.29) is 0 Å². The summed E-state index contributed by atoms with van der Waals surface area (Å²) in [5.74, 6) is -0.150. The van der Waals surface area contributed by atoms with Crippen LogP contribution in [0.1, 0.15) is 36.3 Å². The molecular weight excluding hydrogens is 166 g/mol. The molecule has 1 saturated carbocycles. The van der Waals surface area contributed by atoms with Crippen LogP contribution in [0.25, 0.3) is 0 Å². The Bertz CT molecular complexity index is 325. The minimum atomic E-state index is -0.836. The van der Waals surface area contributed by atoms with Crippen molar-refractivity contribution in [1.82, 2.24) is 4.57 Å². The molecular formula is C10H13NO2. The van der Waals surface area contributed by atoms with Crippen molar-refractivity contribution in [1.29, 1.82) is 0 Å². The van der Waals surface area contributed by atoms with Gasteiger partial charge in [0, 0.05) is 12.2 Å². The van der Waals surface area contributed by atoms with Crippen LogP contribution in [0.3, 0.4) is 0 Å². The van der Waals surface area contributed by atoms with Crippen LogP contribution in [0.5, 0.6) is 0 Å². The number of nitrogens with zero attached hydrogens (tertiary/aromatic N) is 1. The number of hydrogen-bond acceptors (Lipinski definition) is 1. The molecule has 0 aliphatic heterocycles. The van der Waals surface area contributed by atoms with E-state index in [1.165, 1.54) is 12.8 Å². The zero-order chi connectivity index (χ0) is 9.42.